The van der Waals surface area contributed by atoms with Gasteiger partial charge in [0.05, 0.1) is 4.90 Å². The zero-order chi connectivity index (χ0) is 22.6. The van der Waals surface area contributed by atoms with E-state index in [0.717, 1.165) is 43.6 Å². The Morgan fingerprint density at radius 3 is 2.45 bits per heavy atom. The van der Waals surface area contributed by atoms with Crippen LogP contribution in [0.5, 0.6) is 0 Å². The van der Waals surface area contributed by atoms with Crippen molar-refractivity contribution in [2.75, 3.05) is 31.1 Å². The number of carbonyl (C=O) groups is 2. The number of nitrogens with zero attached hydrogens (tertiary/aromatic N) is 2. The van der Waals surface area contributed by atoms with E-state index in [0.29, 0.717) is 31.3 Å². The fourth-order valence-electron chi connectivity index (χ4n) is 4.13. The summed E-state index contributed by atoms with van der Waals surface area (Å²) >= 11 is 0. The topological polar surface area (TPSA) is 86.8 Å². The lowest BCUT2D eigenvalue weighted by Crippen LogP contribution is -2.38. The average molecular weight is 450 g/mol. The molecule has 0 atom stereocenters. The molecule has 1 aromatic carbocycles. The molecule has 2 aliphatic rings. The quantitative estimate of drug-likeness (QED) is 0.661. The minimum Gasteiger partial charge on any atom is -0.343 e. The third kappa shape index (κ3) is 6.07. The van der Waals surface area contributed by atoms with Crippen molar-refractivity contribution in [3.63, 3.8) is 0 Å². The Labute approximate surface area is 186 Å². The Hall–Kier alpha value is -1.93. The maximum absolute atomic E-state index is 12.8. The number of hydrogen-bond acceptors (Lipinski definition) is 4. The van der Waals surface area contributed by atoms with Crippen LogP contribution in [0.3, 0.4) is 0 Å². The monoisotopic (exact) mass is 449 g/mol. The van der Waals surface area contributed by atoms with Crippen LogP contribution in [0.2, 0.25) is 0 Å². The van der Waals surface area contributed by atoms with Crippen LogP contribution in [-0.2, 0) is 26.0 Å². The van der Waals surface area contributed by atoms with Crippen molar-refractivity contribution in [3.8, 4) is 0 Å². The molecule has 0 bridgehead atoms. The molecule has 0 spiro atoms. The first-order valence-corrected chi connectivity index (χ1v) is 12.9. The average Bonchev–Trinajstić information content (AvgIpc) is 3.15. The lowest BCUT2D eigenvalue weighted by Gasteiger charge is -2.30. The fourth-order valence-corrected chi connectivity index (χ4v) is 5.23. The molecule has 1 saturated heterocycles. The predicted octanol–water partition coefficient (Wildman–Crippen LogP) is 2.94. The van der Waals surface area contributed by atoms with Gasteiger partial charge in [-0.15, -0.1) is 0 Å². The van der Waals surface area contributed by atoms with Crippen molar-refractivity contribution < 1.29 is 18.0 Å². The summed E-state index contributed by atoms with van der Waals surface area (Å²) in [4.78, 5) is 29.0. The zero-order valence-corrected chi connectivity index (χ0v) is 19.7. The first kappa shape index (κ1) is 23.7. The molecule has 1 N–H and O–H groups in total. The van der Waals surface area contributed by atoms with Gasteiger partial charge in [-0.05, 0) is 61.3 Å². The molecule has 172 valence electrons. The smallest absolute Gasteiger partial charge is 0.240 e. The number of hydrogen-bond donors (Lipinski definition) is 1. The molecule has 2 heterocycles. The van der Waals surface area contributed by atoms with Crippen LogP contribution in [-0.4, -0.2) is 51.3 Å². The Morgan fingerprint density at radius 2 is 1.77 bits per heavy atom. The number of benzene rings is 1. The van der Waals surface area contributed by atoms with Gasteiger partial charge >= 0.3 is 0 Å². The summed E-state index contributed by atoms with van der Waals surface area (Å²) in [6.07, 6.45) is 3.86. The molecule has 2 amide bonds. The number of carbonyl (C=O) groups excluding carboxylic acids is 2. The number of sulfonamides is 1. The van der Waals surface area contributed by atoms with Crippen LogP contribution >= 0.6 is 0 Å². The minimum absolute atomic E-state index is 0.0496. The van der Waals surface area contributed by atoms with Crippen LogP contribution in [0.15, 0.2) is 23.1 Å². The molecule has 2 aliphatic heterocycles. The van der Waals surface area contributed by atoms with E-state index in [1.807, 2.05) is 4.90 Å². The zero-order valence-electron chi connectivity index (χ0n) is 18.9. The summed E-state index contributed by atoms with van der Waals surface area (Å²) in [6, 6.07) is 4.94. The van der Waals surface area contributed by atoms with Crippen molar-refractivity contribution in [2.24, 2.45) is 11.8 Å². The molecule has 0 unspecified atom stereocenters. The predicted molar refractivity (Wildman–Crippen MR) is 121 cm³/mol. The second kappa shape index (κ2) is 10.1. The van der Waals surface area contributed by atoms with Crippen LogP contribution in [0.1, 0.15) is 58.4 Å². The van der Waals surface area contributed by atoms with E-state index in [4.69, 9.17) is 0 Å². The minimum atomic E-state index is -3.56. The summed E-state index contributed by atoms with van der Waals surface area (Å²) in [5.41, 5.74) is 1.61. The highest BCUT2D eigenvalue weighted by molar-refractivity contribution is 7.89. The molecule has 3 rings (SSSR count). The largest absolute Gasteiger partial charge is 0.343 e. The highest BCUT2D eigenvalue weighted by Gasteiger charge is 2.28. The van der Waals surface area contributed by atoms with Gasteiger partial charge in [0.2, 0.25) is 21.8 Å². The number of rotatable bonds is 8. The summed E-state index contributed by atoms with van der Waals surface area (Å²) in [6.45, 7) is 8.80. The van der Waals surface area contributed by atoms with Gasteiger partial charge in [-0.2, -0.15) is 0 Å². The molecular formula is C23H35N3O4S. The standard InChI is InChI=1S/C23H35N3O4S/c1-17(2)8-12-24-31(29,30)20-4-5-21-19(16-20)11-15-26(21)23(28)7-6-22(27)25-13-9-18(3)10-14-25/h4-5,16-18,24H,6-15H2,1-3H3. The van der Waals surface area contributed by atoms with Crippen LogP contribution < -0.4 is 9.62 Å². The number of fused-ring (bicyclic) bond motifs is 1. The van der Waals surface area contributed by atoms with Gasteiger partial charge in [0, 0.05) is 44.7 Å². The van der Waals surface area contributed by atoms with E-state index in [9.17, 15) is 18.0 Å². The normalized spacial score (nSPS) is 17.3. The SMILES string of the molecule is CC(C)CCNS(=O)(=O)c1ccc2c(c1)CCN2C(=O)CCC(=O)N1CCC(C)CC1. The highest BCUT2D eigenvalue weighted by atomic mass is 32.2. The third-order valence-electron chi connectivity index (χ3n) is 6.26. The van der Waals surface area contributed by atoms with Gasteiger partial charge < -0.3 is 9.80 Å². The summed E-state index contributed by atoms with van der Waals surface area (Å²) in [5, 5.41) is 0. The van der Waals surface area contributed by atoms with Crippen LogP contribution in [0, 0.1) is 11.8 Å². The highest BCUT2D eigenvalue weighted by Crippen LogP contribution is 2.31. The van der Waals surface area contributed by atoms with Crippen molar-refractivity contribution in [1.82, 2.24) is 9.62 Å². The lowest BCUT2D eigenvalue weighted by molar-refractivity contribution is -0.134. The van der Waals surface area contributed by atoms with E-state index in [1.54, 1.807) is 23.1 Å². The maximum atomic E-state index is 12.8. The molecular weight excluding hydrogens is 414 g/mol. The lowest BCUT2D eigenvalue weighted by atomic mass is 9.99. The van der Waals surface area contributed by atoms with Crippen molar-refractivity contribution in [2.45, 2.75) is 64.2 Å². The molecule has 0 aromatic heterocycles. The van der Waals surface area contributed by atoms with Gasteiger partial charge in [-0.1, -0.05) is 20.8 Å². The molecule has 1 fully saturated rings. The number of amides is 2. The first-order valence-electron chi connectivity index (χ1n) is 11.4. The number of nitrogens with one attached hydrogen (secondary N) is 1. The second-order valence-corrected chi connectivity index (χ2v) is 11.0. The summed E-state index contributed by atoms with van der Waals surface area (Å²) in [7, 11) is -3.56. The van der Waals surface area contributed by atoms with Crippen molar-refractivity contribution in [3.05, 3.63) is 23.8 Å². The van der Waals surface area contributed by atoms with Gasteiger partial charge in [0.25, 0.3) is 0 Å². The van der Waals surface area contributed by atoms with E-state index in [2.05, 4.69) is 25.5 Å². The Bertz CT molecular complexity index is 905. The van der Waals surface area contributed by atoms with E-state index >= 15 is 0 Å². The van der Waals surface area contributed by atoms with Crippen LogP contribution in [0.25, 0.3) is 0 Å². The van der Waals surface area contributed by atoms with Crippen molar-refractivity contribution in [1.29, 1.82) is 0 Å². The fraction of sp³-hybridized carbons (Fsp3) is 0.652. The number of likely N-dealkylation sites (tertiary alicyclic amines) is 1. The van der Waals surface area contributed by atoms with Crippen molar-refractivity contribution >= 4 is 27.5 Å². The summed E-state index contributed by atoms with van der Waals surface area (Å²) in [5.74, 6) is 1.05. The van der Waals surface area contributed by atoms with Crippen LogP contribution in [0.4, 0.5) is 5.69 Å². The van der Waals surface area contributed by atoms with Gasteiger partial charge in [-0.25, -0.2) is 13.1 Å². The molecule has 7 nitrogen and oxygen atoms in total. The molecule has 0 aliphatic carbocycles. The van der Waals surface area contributed by atoms with Gasteiger partial charge in [-0.3, -0.25) is 9.59 Å². The first-order chi connectivity index (χ1) is 14.7. The molecule has 0 radical (unpaired) electrons. The number of piperidine rings is 1. The summed E-state index contributed by atoms with van der Waals surface area (Å²) < 4.78 is 27.7. The molecule has 31 heavy (non-hydrogen) atoms. The van der Waals surface area contributed by atoms with E-state index < -0.39 is 10.0 Å². The second-order valence-electron chi connectivity index (χ2n) is 9.23. The third-order valence-corrected chi connectivity index (χ3v) is 7.72. The van der Waals surface area contributed by atoms with Gasteiger partial charge in [0.15, 0.2) is 0 Å². The van der Waals surface area contributed by atoms with Gasteiger partial charge in [0.1, 0.15) is 0 Å². The Morgan fingerprint density at radius 1 is 1.10 bits per heavy atom. The maximum Gasteiger partial charge on any atom is 0.240 e. The molecule has 0 saturated carbocycles. The number of anilines is 1. The molecule has 1 aromatic rings. The molecule has 8 heteroatoms. The van der Waals surface area contributed by atoms with E-state index in [-0.39, 0.29) is 29.6 Å². The Kier molecular flexibility index (Phi) is 7.75. The van der Waals surface area contributed by atoms with E-state index in [1.165, 1.54) is 0 Å². The Balaban J connectivity index is 1.57.